The molecule has 0 radical (unpaired) electrons. The van der Waals surface area contributed by atoms with Crippen molar-refractivity contribution in [3.05, 3.63) is 0 Å². The second kappa shape index (κ2) is 8.31. The molecule has 0 aromatic rings. The van der Waals surface area contributed by atoms with Crippen LogP contribution >= 0.6 is 0 Å². The van der Waals surface area contributed by atoms with Crippen molar-refractivity contribution in [2.45, 2.75) is 26.4 Å². The van der Waals surface area contributed by atoms with Gasteiger partial charge in [0.1, 0.15) is 6.61 Å². The van der Waals surface area contributed by atoms with E-state index in [1.165, 1.54) is 0 Å². The van der Waals surface area contributed by atoms with Gasteiger partial charge in [-0.3, -0.25) is 4.79 Å². The molecule has 0 spiro atoms. The average Bonchev–Trinajstić information content (AvgIpc) is 2.29. The summed E-state index contributed by atoms with van der Waals surface area (Å²) < 4.78 is 39.8. The molecule has 1 amide bonds. The maximum Gasteiger partial charge on any atom is 0.411 e. The van der Waals surface area contributed by atoms with Crippen molar-refractivity contribution < 1.29 is 22.7 Å². The van der Waals surface area contributed by atoms with E-state index in [0.29, 0.717) is 19.6 Å². The number of amides is 1. The highest BCUT2D eigenvalue weighted by molar-refractivity contribution is 5.76. The van der Waals surface area contributed by atoms with Crippen LogP contribution in [0.1, 0.15) is 20.3 Å². The summed E-state index contributed by atoms with van der Waals surface area (Å²) in [6, 6.07) is 0. The van der Waals surface area contributed by atoms with Crippen molar-refractivity contribution in [3.63, 3.8) is 0 Å². The van der Waals surface area contributed by atoms with Gasteiger partial charge in [0.2, 0.25) is 5.91 Å². The molecule has 0 heterocycles. The molecular formula is C11H21F3N2O2. The number of hydrogen-bond acceptors (Lipinski definition) is 3. The van der Waals surface area contributed by atoms with E-state index in [1.807, 2.05) is 13.8 Å². The molecule has 108 valence electrons. The van der Waals surface area contributed by atoms with Crippen molar-refractivity contribution in [1.82, 2.24) is 4.90 Å². The Morgan fingerprint density at radius 2 is 2.06 bits per heavy atom. The fourth-order valence-corrected chi connectivity index (χ4v) is 1.36. The molecular weight excluding hydrogens is 249 g/mol. The highest BCUT2D eigenvalue weighted by Gasteiger charge is 2.27. The van der Waals surface area contributed by atoms with Crippen LogP contribution in [0.2, 0.25) is 0 Å². The summed E-state index contributed by atoms with van der Waals surface area (Å²) in [6.45, 7) is 3.70. The number of halogens is 3. The predicted octanol–water partition coefficient (Wildman–Crippen LogP) is 1.40. The first-order valence-electron chi connectivity index (χ1n) is 5.92. The lowest BCUT2D eigenvalue weighted by atomic mass is 10.1. The van der Waals surface area contributed by atoms with E-state index < -0.39 is 12.8 Å². The SMILES string of the molecule is CCN(CC(C)CN)C(=O)CCOCC(F)(F)F. The van der Waals surface area contributed by atoms with Crippen LogP contribution in [0.4, 0.5) is 13.2 Å². The third-order valence-corrected chi connectivity index (χ3v) is 2.39. The zero-order valence-electron chi connectivity index (χ0n) is 10.8. The summed E-state index contributed by atoms with van der Waals surface area (Å²) >= 11 is 0. The van der Waals surface area contributed by atoms with Gasteiger partial charge in [-0.05, 0) is 19.4 Å². The maximum absolute atomic E-state index is 11.8. The van der Waals surface area contributed by atoms with Crippen molar-refractivity contribution in [1.29, 1.82) is 0 Å². The molecule has 0 aliphatic rings. The van der Waals surface area contributed by atoms with Gasteiger partial charge >= 0.3 is 6.18 Å². The molecule has 0 saturated heterocycles. The number of rotatable bonds is 8. The third kappa shape index (κ3) is 8.30. The summed E-state index contributed by atoms with van der Waals surface area (Å²) in [5.41, 5.74) is 5.46. The Hall–Kier alpha value is -0.820. The van der Waals surface area contributed by atoms with Gasteiger partial charge < -0.3 is 15.4 Å². The molecule has 18 heavy (non-hydrogen) atoms. The first-order chi connectivity index (χ1) is 8.30. The van der Waals surface area contributed by atoms with Gasteiger partial charge in [0.05, 0.1) is 13.0 Å². The minimum Gasteiger partial charge on any atom is -0.372 e. The Kier molecular flexibility index (Phi) is 7.93. The fraction of sp³-hybridized carbons (Fsp3) is 0.909. The van der Waals surface area contributed by atoms with Crippen molar-refractivity contribution >= 4 is 5.91 Å². The number of ether oxygens (including phenoxy) is 1. The lowest BCUT2D eigenvalue weighted by molar-refractivity contribution is -0.175. The molecule has 7 heteroatoms. The third-order valence-electron chi connectivity index (χ3n) is 2.39. The summed E-state index contributed by atoms with van der Waals surface area (Å²) in [6.07, 6.45) is -4.39. The van der Waals surface area contributed by atoms with E-state index >= 15 is 0 Å². The predicted molar refractivity (Wildman–Crippen MR) is 62.0 cm³/mol. The van der Waals surface area contributed by atoms with E-state index in [4.69, 9.17) is 5.73 Å². The highest BCUT2D eigenvalue weighted by atomic mass is 19.4. The minimum atomic E-state index is -4.35. The second-order valence-electron chi connectivity index (χ2n) is 4.19. The lowest BCUT2D eigenvalue weighted by Crippen LogP contribution is -2.37. The number of carbonyl (C=O) groups excluding carboxylic acids is 1. The molecule has 4 nitrogen and oxygen atoms in total. The van der Waals surface area contributed by atoms with E-state index in [0.717, 1.165) is 0 Å². The normalized spacial score (nSPS) is 13.4. The van der Waals surface area contributed by atoms with Crippen LogP contribution in [0.3, 0.4) is 0 Å². The zero-order chi connectivity index (χ0) is 14.2. The quantitative estimate of drug-likeness (QED) is 0.678. The second-order valence-corrected chi connectivity index (χ2v) is 4.19. The van der Waals surface area contributed by atoms with Crippen LogP contribution in [0.15, 0.2) is 0 Å². The monoisotopic (exact) mass is 270 g/mol. The molecule has 0 aromatic heterocycles. The Bertz CT molecular complexity index is 247. The molecule has 1 unspecified atom stereocenters. The average molecular weight is 270 g/mol. The number of alkyl halides is 3. The smallest absolute Gasteiger partial charge is 0.372 e. The van der Waals surface area contributed by atoms with Gasteiger partial charge in [0.15, 0.2) is 0 Å². The number of hydrogen-bond donors (Lipinski definition) is 1. The van der Waals surface area contributed by atoms with Gasteiger partial charge in [0.25, 0.3) is 0 Å². The van der Waals surface area contributed by atoms with Crippen molar-refractivity contribution in [2.24, 2.45) is 11.7 Å². The van der Waals surface area contributed by atoms with Crippen molar-refractivity contribution in [3.8, 4) is 0 Å². The van der Waals surface area contributed by atoms with Gasteiger partial charge in [0, 0.05) is 13.1 Å². The molecule has 0 aliphatic heterocycles. The summed E-state index contributed by atoms with van der Waals surface area (Å²) in [4.78, 5) is 13.3. The first kappa shape index (κ1) is 17.2. The molecule has 0 rings (SSSR count). The van der Waals surface area contributed by atoms with E-state index in [2.05, 4.69) is 4.74 Å². The molecule has 2 N–H and O–H groups in total. The number of carbonyl (C=O) groups is 1. The van der Waals surface area contributed by atoms with Crippen molar-refractivity contribution in [2.75, 3.05) is 32.8 Å². The fourth-order valence-electron chi connectivity index (χ4n) is 1.36. The molecule has 0 fully saturated rings. The maximum atomic E-state index is 11.8. The Morgan fingerprint density at radius 1 is 1.44 bits per heavy atom. The van der Waals surface area contributed by atoms with Gasteiger partial charge in [-0.25, -0.2) is 0 Å². The molecule has 0 bridgehead atoms. The molecule has 0 saturated carbocycles. The van der Waals surface area contributed by atoms with Crippen LogP contribution in [-0.4, -0.2) is 49.8 Å². The number of nitrogens with zero attached hydrogens (tertiary/aromatic N) is 1. The van der Waals surface area contributed by atoms with Gasteiger partial charge in [-0.1, -0.05) is 6.92 Å². The Labute approximate surface area is 105 Å². The van der Waals surface area contributed by atoms with Crippen LogP contribution in [0.5, 0.6) is 0 Å². The van der Waals surface area contributed by atoms with E-state index in [1.54, 1.807) is 4.90 Å². The molecule has 0 aliphatic carbocycles. The zero-order valence-corrected chi connectivity index (χ0v) is 10.8. The standard InChI is InChI=1S/C11H21F3N2O2/c1-3-16(7-9(2)6-15)10(17)4-5-18-8-11(12,13)14/h9H,3-8,15H2,1-2H3. The first-order valence-corrected chi connectivity index (χ1v) is 5.92. The Morgan fingerprint density at radius 3 is 2.50 bits per heavy atom. The van der Waals surface area contributed by atoms with Crippen LogP contribution < -0.4 is 5.73 Å². The van der Waals surface area contributed by atoms with Gasteiger partial charge in [-0.2, -0.15) is 13.2 Å². The van der Waals surface area contributed by atoms with Gasteiger partial charge in [-0.15, -0.1) is 0 Å². The number of nitrogens with two attached hydrogens (primary N) is 1. The van der Waals surface area contributed by atoms with Crippen LogP contribution in [0.25, 0.3) is 0 Å². The van der Waals surface area contributed by atoms with E-state index in [-0.39, 0.29) is 24.9 Å². The largest absolute Gasteiger partial charge is 0.411 e. The highest BCUT2D eigenvalue weighted by Crippen LogP contribution is 2.14. The lowest BCUT2D eigenvalue weighted by Gasteiger charge is -2.24. The summed E-state index contributed by atoms with van der Waals surface area (Å²) in [5, 5.41) is 0. The molecule has 0 aromatic carbocycles. The van der Waals surface area contributed by atoms with Crippen LogP contribution in [-0.2, 0) is 9.53 Å². The topological polar surface area (TPSA) is 55.6 Å². The summed E-state index contributed by atoms with van der Waals surface area (Å²) in [5.74, 6) is -0.0371. The molecule has 1 atom stereocenters. The van der Waals surface area contributed by atoms with E-state index in [9.17, 15) is 18.0 Å². The van der Waals surface area contributed by atoms with Crippen LogP contribution in [0, 0.1) is 5.92 Å². The summed E-state index contributed by atoms with van der Waals surface area (Å²) in [7, 11) is 0. The Balaban J connectivity index is 3.91. The minimum absolute atomic E-state index is 0.0405.